The van der Waals surface area contributed by atoms with Crippen molar-refractivity contribution in [1.29, 1.82) is 0 Å². The second-order valence-corrected chi connectivity index (χ2v) is 4.09. The summed E-state index contributed by atoms with van der Waals surface area (Å²) < 4.78 is 10.0. The molecule has 4 heteroatoms. The summed E-state index contributed by atoms with van der Waals surface area (Å²) in [6.45, 7) is 3.80. The van der Waals surface area contributed by atoms with E-state index in [-0.39, 0.29) is 18.7 Å². The van der Waals surface area contributed by atoms with Crippen LogP contribution in [0.25, 0.3) is 5.57 Å². The minimum Gasteiger partial charge on any atom is -0.459 e. The van der Waals surface area contributed by atoms with Gasteiger partial charge in [-0.25, -0.2) is 4.79 Å². The number of esters is 2. The zero-order valence-corrected chi connectivity index (χ0v) is 9.93. The molecule has 1 saturated heterocycles. The Labute approximate surface area is 105 Å². The Hall–Kier alpha value is -2.10. The van der Waals surface area contributed by atoms with E-state index in [9.17, 15) is 9.59 Å². The van der Waals surface area contributed by atoms with E-state index in [1.807, 2.05) is 18.2 Å². The third-order valence-electron chi connectivity index (χ3n) is 2.74. The van der Waals surface area contributed by atoms with Crippen molar-refractivity contribution in [3.05, 3.63) is 42.5 Å². The number of benzene rings is 1. The predicted octanol–water partition coefficient (Wildman–Crippen LogP) is 1.95. The van der Waals surface area contributed by atoms with Gasteiger partial charge in [-0.15, -0.1) is 0 Å². The Bertz CT molecular complexity index is 464. The van der Waals surface area contributed by atoms with Crippen molar-refractivity contribution >= 4 is 17.5 Å². The number of cyclic esters (lactones) is 1. The van der Waals surface area contributed by atoms with E-state index in [0.717, 1.165) is 5.56 Å². The molecule has 1 unspecified atom stereocenters. The van der Waals surface area contributed by atoms with Gasteiger partial charge in [0, 0.05) is 6.42 Å². The lowest BCUT2D eigenvalue weighted by Crippen LogP contribution is -2.18. The van der Waals surface area contributed by atoms with Crippen LogP contribution in [0.4, 0.5) is 0 Å². The zero-order valence-electron chi connectivity index (χ0n) is 9.93. The first-order valence-corrected chi connectivity index (χ1v) is 5.78. The summed E-state index contributed by atoms with van der Waals surface area (Å²) in [4.78, 5) is 22.6. The number of ether oxygens (including phenoxy) is 2. The van der Waals surface area contributed by atoms with Crippen LogP contribution in [0, 0.1) is 0 Å². The molecule has 1 aliphatic rings. The first-order valence-electron chi connectivity index (χ1n) is 5.78. The van der Waals surface area contributed by atoms with Crippen molar-refractivity contribution in [1.82, 2.24) is 0 Å². The Morgan fingerprint density at radius 2 is 2.11 bits per heavy atom. The van der Waals surface area contributed by atoms with E-state index in [1.54, 1.807) is 12.1 Å². The summed E-state index contributed by atoms with van der Waals surface area (Å²) >= 11 is 0. The summed E-state index contributed by atoms with van der Waals surface area (Å²) in [7, 11) is 0. The van der Waals surface area contributed by atoms with Gasteiger partial charge >= 0.3 is 11.9 Å². The lowest BCUT2D eigenvalue weighted by atomic mass is 10.1. The van der Waals surface area contributed by atoms with E-state index in [1.165, 1.54) is 0 Å². The van der Waals surface area contributed by atoms with Gasteiger partial charge in [0.1, 0.15) is 12.7 Å². The van der Waals surface area contributed by atoms with Crippen LogP contribution in [0.15, 0.2) is 36.9 Å². The van der Waals surface area contributed by atoms with Crippen molar-refractivity contribution in [2.24, 2.45) is 0 Å². The average Bonchev–Trinajstić information content (AvgIpc) is 2.82. The molecule has 0 spiro atoms. The number of rotatable bonds is 4. The molecule has 1 aromatic carbocycles. The van der Waals surface area contributed by atoms with Crippen LogP contribution in [0.2, 0.25) is 0 Å². The van der Waals surface area contributed by atoms with Gasteiger partial charge in [0.25, 0.3) is 0 Å². The van der Waals surface area contributed by atoms with Crippen LogP contribution in [-0.2, 0) is 19.1 Å². The Morgan fingerprint density at radius 1 is 1.39 bits per heavy atom. The average molecular weight is 246 g/mol. The monoisotopic (exact) mass is 246 g/mol. The Balaban J connectivity index is 1.85. The second-order valence-electron chi connectivity index (χ2n) is 4.09. The van der Waals surface area contributed by atoms with Gasteiger partial charge in [-0.05, 0) is 12.0 Å². The second kappa shape index (κ2) is 5.49. The fourth-order valence-corrected chi connectivity index (χ4v) is 1.71. The van der Waals surface area contributed by atoms with E-state index < -0.39 is 5.97 Å². The van der Waals surface area contributed by atoms with Crippen molar-refractivity contribution in [3.8, 4) is 0 Å². The van der Waals surface area contributed by atoms with Crippen LogP contribution < -0.4 is 0 Å². The number of hydrogen-bond donors (Lipinski definition) is 0. The fourth-order valence-electron chi connectivity index (χ4n) is 1.71. The molecule has 1 aliphatic heterocycles. The predicted molar refractivity (Wildman–Crippen MR) is 65.5 cm³/mol. The molecular formula is C14H14O4. The molecule has 0 radical (unpaired) electrons. The van der Waals surface area contributed by atoms with Crippen molar-refractivity contribution < 1.29 is 19.1 Å². The standard InChI is InChI=1S/C14H14O4/c1-10(11-5-3-2-4-6-11)14(16)17-9-12-7-8-13(15)18-12/h2-6,12H,1,7-9H2. The maximum atomic E-state index is 11.7. The molecule has 0 N–H and O–H groups in total. The van der Waals surface area contributed by atoms with Crippen LogP contribution >= 0.6 is 0 Å². The van der Waals surface area contributed by atoms with Gasteiger partial charge in [0.2, 0.25) is 0 Å². The molecule has 1 atom stereocenters. The molecule has 0 aromatic heterocycles. The maximum Gasteiger partial charge on any atom is 0.338 e. The van der Waals surface area contributed by atoms with Crippen LogP contribution in [0.3, 0.4) is 0 Å². The first kappa shape index (κ1) is 12.4. The number of carbonyl (C=O) groups is 2. The quantitative estimate of drug-likeness (QED) is 0.602. The highest BCUT2D eigenvalue weighted by molar-refractivity contribution is 6.15. The van der Waals surface area contributed by atoms with Gasteiger partial charge in [0.15, 0.2) is 0 Å². The Kier molecular flexibility index (Phi) is 3.77. The molecule has 1 aromatic rings. The number of hydrogen-bond acceptors (Lipinski definition) is 4. The molecule has 0 bridgehead atoms. The molecule has 1 fully saturated rings. The molecule has 0 amide bonds. The Morgan fingerprint density at radius 3 is 2.72 bits per heavy atom. The van der Waals surface area contributed by atoms with Gasteiger partial charge in [0.05, 0.1) is 5.57 Å². The molecule has 2 rings (SSSR count). The summed E-state index contributed by atoms with van der Waals surface area (Å²) in [6.07, 6.45) is 0.677. The van der Waals surface area contributed by atoms with Gasteiger partial charge in [-0.2, -0.15) is 0 Å². The summed E-state index contributed by atoms with van der Waals surface area (Å²) in [6, 6.07) is 9.09. The molecule has 1 heterocycles. The molecule has 0 saturated carbocycles. The molecule has 4 nitrogen and oxygen atoms in total. The molecule has 94 valence electrons. The van der Waals surface area contributed by atoms with Crippen molar-refractivity contribution in [2.75, 3.05) is 6.61 Å². The normalized spacial score (nSPS) is 18.2. The summed E-state index contributed by atoms with van der Waals surface area (Å²) in [5.41, 5.74) is 1.03. The van der Waals surface area contributed by atoms with Crippen LogP contribution in [0.5, 0.6) is 0 Å². The maximum absolute atomic E-state index is 11.7. The molecule has 18 heavy (non-hydrogen) atoms. The van der Waals surface area contributed by atoms with E-state index in [2.05, 4.69) is 6.58 Å². The molecule has 0 aliphatic carbocycles. The van der Waals surface area contributed by atoms with Crippen LogP contribution in [0.1, 0.15) is 18.4 Å². The highest BCUT2D eigenvalue weighted by atomic mass is 16.6. The molecular weight excluding hydrogens is 232 g/mol. The first-order chi connectivity index (χ1) is 8.66. The third-order valence-corrected chi connectivity index (χ3v) is 2.74. The van der Waals surface area contributed by atoms with E-state index >= 15 is 0 Å². The summed E-state index contributed by atoms with van der Waals surface area (Å²) in [5, 5.41) is 0. The smallest absolute Gasteiger partial charge is 0.338 e. The third kappa shape index (κ3) is 2.97. The largest absolute Gasteiger partial charge is 0.459 e. The minimum atomic E-state index is -0.482. The fraction of sp³-hybridized carbons (Fsp3) is 0.286. The topological polar surface area (TPSA) is 52.6 Å². The van der Waals surface area contributed by atoms with Crippen molar-refractivity contribution in [3.63, 3.8) is 0 Å². The van der Waals surface area contributed by atoms with Crippen LogP contribution in [-0.4, -0.2) is 24.6 Å². The SMILES string of the molecule is C=C(C(=O)OCC1CCC(=O)O1)c1ccccc1. The van der Waals surface area contributed by atoms with Crippen molar-refractivity contribution in [2.45, 2.75) is 18.9 Å². The highest BCUT2D eigenvalue weighted by Gasteiger charge is 2.25. The minimum absolute atomic E-state index is 0.0937. The lowest BCUT2D eigenvalue weighted by molar-refractivity contribution is -0.149. The van der Waals surface area contributed by atoms with Gasteiger partial charge in [-0.1, -0.05) is 36.9 Å². The van der Waals surface area contributed by atoms with Gasteiger partial charge < -0.3 is 9.47 Å². The lowest BCUT2D eigenvalue weighted by Gasteiger charge is -2.11. The summed E-state index contributed by atoms with van der Waals surface area (Å²) in [5.74, 6) is -0.720. The van der Waals surface area contributed by atoms with E-state index in [4.69, 9.17) is 9.47 Å². The zero-order chi connectivity index (χ0) is 13.0. The van der Waals surface area contributed by atoms with E-state index in [0.29, 0.717) is 18.4 Å². The highest BCUT2D eigenvalue weighted by Crippen LogP contribution is 2.17. The number of carbonyl (C=O) groups excluding carboxylic acids is 2. The van der Waals surface area contributed by atoms with Gasteiger partial charge in [-0.3, -0.25) is 4.79 Å².